The monoisotopic (exact) mass is 353 g/mol. The van der Waals surface area contributed by atoms with Crippen LogP contribution in [0.5, 0.6) is 0 Å². The highest BCUT2D eigenvalue weighted by Crippen LogP contribution is 2.22. The van der Waals surface area contributed by atoms with E-state index in [0.29, 0.717) is 6.54 Å². The van der Waals surface area contributed by atoms with Gasteiger partial charge in [0.1, 0.15) is 5.82 Å². The van der Waals surface area contributed by atoms with Crippen LogP contribution in [-0.4, -0.2) is 15.8 Å². The fourth-order valence-corrected chi connectivity index (χ4v) is 2.88. The van der Waals surface area contributed by atoms with Gasteiger partial charge in [-0.1, -0.05) is 28.9 Å². The first kappa shape index (κ1) is 16.2. The van der Waals surface area contributed by atoms with E-state index >= 15 is 0 Å². The first-order valence-corrected chi connectivity index (χ1v) is 7.94. The van der Waals surface area contributed by atoms with Gasteiger partial charge in [0.05, 0.1) is 12.2 Å². The number of benzene rings is 1. The van der Waals surface area contributed by atoms with Gasteiger partial charge in [0.15, 0.2) is 0 Å². The standard InChI is InChI=1S/C16H21BrFN3/c1-4-14(19)8-15-10(2)20-21(11(15)3)9-12-5-6-13(18)7-16(12)17/h5-7,14H,4,8-9,19H2,1-3H3. The minimum Gasteiger partial charge on any atom is -0.327 e. The molecule has 0 amide bonds. The molecular formula is C16H21BrFN3. The lowest BCUT2D eigenvalue weighted by molar-refractivity contribution is 0.619. The summed E-state index contributed by atoms with van der Waals surface area (Å²) in [4.78, 5) is 0. The Morgan fingerprint density at radius 3 is 2.71 bits per heavy atom. The van der Waals surface area contributed by atoms with Crippen LogP contribution in [0.4, 0.5) is 4.39 Å². The molecule has 2 aromatic rings. The second kappa shape index (κ2) is 6.71. The van der Waals surface area contributed by atoms with Crippen LogP contribution in [0.3, 0.4) is 0 Å². The number of rotatable bonds is 5. The van der Waals surface area contributed by atoms with Crippen molar-refractivity contribution >= 4 is 15.9 Å². The molecule has 1 unspecified atom stereocenters. The van der Waals surface area contributed by atoms with Crippen molar-refractivity contribution in [1.29, 1.82) is 0 Å². The topological polar surface area (TPSA) is 43.8 Å². The zero-order chi connectivity index (χ0) is 15.6. The Morgan fingerprint density at radius 1 is 1.38 bits per heavy atom. The highest BCUT2D eigenvalue weighted by Gasteiger charge is 2.15. The van der Waals surface area contributed by atoms with Crippen molar-refractivity contribution < 1.29 is 4.39 Å². The van der Waals surface area contributed by atoms with Gasteiger partial charge < -0.3 is 5.73 Å². The van der Waals surface area contributed by atoms with Gasteiger partial charge in [-0.3, -0.25) is 4.68 Å². The lowest BCUT2D eigenvalue weighted by atomic mass is 10.0. The number of aromatic nitrogens is 2. The zero-order valence-electron chi connectivity index (χ0n) is 12.7. The number of halogens is 2. The predicted octanol–water partition coefficient (Wildman–Crippen LogP) is 3.73. The van der Waals surface area contributed by atoms with E-state index in [2.05, 4.69) is 34.9 Å². The summed E-state index contributed by atoms with van der Waals surface area (Å²) < 4.78 is 15.9. The van der Waals surface area contributed by atoms with E-state index < -0.39 is 0 Å². The molecule has 0 aliphatic rings. The molecule has 114 valence electrons. The Morgan fingerprint density at radius 2 is 2.10 bits per heavy atom. The molecule has 0 aliphatic heterocycles. The second-order valence-corrected chi connectivity index (χ2v) is 6.27. The quantitative estimate of drug-likeness (QED) is 0.889. The van der Waals surface area contributed by atoms with Crippen LogP contribution in [0, 0.1) is 19.7 Å². The maximum Gasteiger partial charge on any atom is 0.124 e. The molecule has 0 saturated carbocycles. The summed E-state index contributed by atoms with van der Waals surface area (Å²) in [6.45, 7) is 6.79. The van der Waals surface area contributed by atoms with Gasteiger partial charge in [0, 0.05) is 16.2 Å². The summed E-state index contributed by atoms with van der Waals surface area (Å²) >= 11 is 3.40. The van der Waals surface area contributed by atoms with Gasteiger partial charge in [-0.15, -0.1) is 0 Å². The van der Waals surface area contributed by atoms with Crippen molar-refractivity contribution in [3.8, 4) is 0 Å². The molecule has 5 heteroatoms. The predicted molar refractivity (Wildman–Crippen MR) is 86.9 cm³/mol. The van der Waals surface area contributed by atoms with Crippen LogP contribution in [0.25, 0.3) is 0 Å². The Labute approximate surface area is 133 Å². The largest absolute Gasteiger partial charge is 0.327 e. The van der Waals surface area contributed by atoms with Gasteiger partial charge in [-0.25, -0.2) is 4.39 Å². The Hall–Kier alpha value is -1.20. The van der Waals surface area contributed by atoms with Crippen LogP contribution < -0.4 is 5.73 Å². The third-order valence-electron chi connectivity index (χ3n) is 3.86. The van der Waals surface area contributed by atoms with Crippen molar-refractivity contribution in [3.05, 3.63) is 51.0 Å². The van der Waals surface area contributed by atoms with Crippen molar-refractivity contribution in [1.82, 2.24) is 9.78 Å². The molecule has 0 aliphatic carbocycles. The summed E-state index contributed by atoms with van der Waals surface area (Å²) in [5, 5.41) is 4.60. The molecule has 1 atom stereocenters. The second-order valence-electron chi connectivity index (χ2n) is 5.42. The molecule has 0 radical (unpaired) electrons. The first-order valence-electron chi connectivity index (χ1n) is 7.14. The van der Waals surface area contributed by atoms with Crippen LogP contribution in [-0.2, 0) is 13.0 Å². The van der Waals surface area contributed by atoms with Crippen molar-refractivity contribution in [3.63, 3.8) is 0 Å². The fourth-order valence-electron chi connectivity index (χ4n) is 2.40. The first-order chi connectivity index (χ1) is 9.92. The van der Waals surface area contributed by atoms with Gasteiger partial charge in [0.2, 0.25) is 0 Å². The lowest BCUT2D eigenvalue weighted by Crippen LogP contribution is -2.22. The summed E-state index contributed by atoms with van der Waals surface area (Å²) in [5.41, 5.74) is 10.4. The molecule has 21 heavy (non-hydrogen) atoms. The lowest BCUT2D eigenvalue weighted by Gasteiger charge is -2.10. The number of aryl methyl sites for hydroxylation is 1. The van der Waals surface area contributed by atoms with E-state index in [9.17, 15) is 4.39 Å². The molecule has 1 aromatic heterocycles. The van der Waals surface area contributed by atoms with Crippen LogP contribution in [0.1, 0.15) is 35.9 Å². The number of hydrogen-bond donors (Lipinski definition) is 1. The molecule has 2 rings (SSSR count). The maximum atomic E-state index is 13.1. The number of hydrogen-bond acceptors (Lipinski definition) is 2. The van der Waals surface area contributed by atoms with E-state index in [1.54, 1.807) is 6.07 Å². The highest BCUT2D eigenvalue weighted by molar-refractivity contribution is 9.10. The third-order valence-corrected chi connectivity index (χ3v) is 4.60. The van der Waals surface area contributed by atoms with E-state index in [-0.39, 0.29) is 11.9 Å². The van der Waals surface area contributed by atoms with Gasteiger partial charge in [-0.2, -0.15) is 5.10 Å². The van der Waals surface area contributed by atoms with E-state index in [1.807, 2.05) is 11.6 Å². The minimum absolute atomic E-state index is 0.164. The zero-order valence-corrected chi connectivity index (χ0v) is 14.2. The smallest absolute Gasteiger partial charge is 0.124 e. The van der Waals surface area contributed by atoms with E-state index in [1.165, 1.54) is 17.7 Å². The molecule has 0 saturated heterocycles. The molecular weight excluding hydrogens is 333 g/mol. The van der Waals surface area contributed by atoms with Gasteiger partial charge >= 0.3 is 0 Å². The van der Waals surface area contributed by atoms with Gasteiger partial charge in [0.25, 0.3) is 0 Å². The van der Waals surface area contributed by atoms with E-state index in [0.717, 1.165) is 34.3 Å². The third kappa shape index (κ3) is 3.71. The van der Waals surface area contributed by atoms with Crippen molar-refractivity contribution in [2.24, 2.45) is 5.73 Å². The SMILES string of the molecule is CCC(N)Cc1c(C)nn(Cc2ccc(F)cc2Br)c1C. The van der Waals surface area contributed by atoms with E-state index in [4.69, 9.17) is 5.73 Å². The average Bonchev–Trinajstić information content (AvgIpc) is 2.69. The Kier molecular flexibility index (Phi) is 5.17. The number of nitrogens with two attached hydrogens (primary N) is 1. The molecule has 2 N–H and O–H groups in total. The molecule has 3 nitrogen and oxygen atoms in total. The number of nitrogens with zero attached hydrogens (tertiary/aromatic N) is 2. The fraction of sp³-hybridized carbons (Fsp3) is 0.438. The highest BCUT2D eigenvalue weighted by atomic mass is 79.9. The summed E-state index contributed by atoms with van der Waals surface area (Å²) in [5.74, 6) is -0.242. The molecule has 0 fully saturated rings. The minimum atomic E-state index is -0.242. The molecule has 0 spiro atoms. The van der Waals surface area contributed by atoms with Gasteiger partial charge in [-0.05, 0) is 49.9 Å². The normalized spacial score (nSPS) is 12.7. The van der Waals surface area contributed by atoms with Crippen LogP contribution >= 0.6 is 15.9 Å². The van der Waals surface area contributed by atoms with Crippen molar-refractivity contribution in [2.45, 2.75) is 46.2 Å². The van der Waals surface area contributed by atoms with Crippen molar-refractivity contribution in [2.75, 3.05) is 0 Å². The molecule has 1 heterocycles. The maximum absolute atomic E-state index is 13.1. The van der Waals surface area contributed by atoms with Crippen LogP contribution in [0.2, 0.25) is 0 Å². The summed E-state index contributed by atoms with van der Waals surface area (Å²) in [6.07, 6.45) is 1.80. The molecule has 0 bridgehead atoms. The van der Waals surface area contributed by atoms with Crippen LogP contribution in [0.15, 0.2) is 22.7 Å². The summed E-state index contributed by atoms with van der Waals surface area (Å²) in [7, 11) is 0. The average molecular weight is 354 g/mol. The molecule has 1 aromatic carbocycles. The Balaban J connectivity index is 2.27. The Bertz CT molecular complexity index is 637. The summed E-state index contributed by atoms with van der Waals surface area (Å²) in [6, 6.07) is 4.90.